The number of pyridine rings is 1. The quantitative estimate of drug-likeness (QED) is 0.519. The smallest absolute Gasteiger partial charge is 0.404 e. The van der Waals surface area contributed by atoms with Gasteiger partial charge in [0.25, 0.3) is 5.56 Å². The Morgan fingerprint density at radius 3 is 2.55 bits per heavy atom. The molecule has 0 saturated heterocycles. The summed E-state index contributed by atoms with van der Waals surface area (Å²) in [6, 6.07) is 3.16. The Kier molecular flexibility index (Phi) is 6.95. The summed E-state index contributed by atoms with van der Waals surface area (Å²) in [6.07, 6.45) is 2.25. The second-order valence-corrected chi connectivity index (χ2v) is 7.30. The summed E-state index contributed by atoms with van der Waals surface area (Å²) in [5, 5.41) is 0. The van der Waals surface area contributed by atoms with E-state index in [0.29, 0.717) is 22.6 Å². The van der Waals surface area contributed by atoms with E-state index in [9.17, 15) is 18.4 Å². The van der Waals surface area contributed by atoms with Crippen molar-refractivity contribution in [1.82, 2.24) is 15.0 Å². The summed E-state index contributed by atoms with van der Waals surface area (Å²) < 4.78 is 37.6. The minimum Gasteiger partial charge on any atom is -0.487 e. The Hall–Kier alpha value is -3.34. The lowest BCUT2D eigenvalue weighted by molar-refractivity contribution is 0.148. The second-order valence-electron chi connectivity index (χ2n) is 6.51. The standard InChI is InChI=1S/C20H17BrF2N4O4/c1-10-15(5-13-6-26-14(7-25-13)9-31-20(24)29)18(17(21)19(28)27-10)30-8-11-2-3-12(22)4-16(11)23/h2-4,6-7H,5,8-9H2,1H3,(H2,24,29)(H,27,28). The van der Waals surface area contributed by atoms with E-state index in [1.165, 1.54) is 18.5 Å². The molecular weight excluding hydrogens is 478 g/mol. The van der Waals surface area contributed by atoms with E-state index in [-0.39, 0.29) is 35.4 Å². The van der Waals surface area contributed by atoms with Gasteiger partial charge in [-0.1, -0.05) is 0 Å². The predicted molar refractivity (Wildman–Crippen MR) is 109 cm³/mol. The number of halogens is 3. The SMILES string of the molecule is Cc1[nH]c(=O)c(Br)c(OCc2ccc(F)cc2F)c1Cc1cnc(COC(N)=O)cn1. The van der Waals surface area contributed by atoms with Gasteiger partial charge in [0.15, 0.2) is 0 Å². The number of amides is 1. The van der Waals surface area contributed by atoms with Gasteiger partial charge in [-0.25, -0.2) is 13.6 Å². The van der Waals surface area contributed by atoms with Crippen LogP contribution in [0.3, 0.4) is 0 Å². The molecule has 1 aromatic carbocycles. The zero-order valence-corrected chi connectivity index (χ0v) is 17.8. The maximum absolute atomic E-state index is 14.0. The molecule has 0 saturated carbocycles. The number of nitrogens with zero attached hydrogens (tertiary/aromatic N) is 2. The molecule has 11 heteroatoms. The van der Waals surface area contributed by atoms with E-state index in [2.05, 4.69) is 35.6 Å². The molecule has 0 aliphatic heterocycles. The number of hydrogen-bond acceptors (Lipinski definition) is 6. The normalized spacial score (nSPS) is 10.7. The predicted octanol–water partition coefficient (Wildman–Crippen LogP) is 3.28. The lowest BCUT2D eigenvalue weighted by atomic mass is 10.1. The van der Waals surface area contributed by atoms with Gasteiger partial charge >= 0.3 is 6.09 Å². The van der Waals surface area contributed by atoms with Crippen molar-refractivity contribution in [1.29, 1.82) is 0 Å². The number of nitrogens with one attached hydrogen (secondary N) is 1. The molecular formula is C20H17BrF2N4O4. The lowest BCUT2D eigenvalue weighted by Gasteiger charge is -2.15. The van der Waals surface area contributed by atoms with E-state index >= 15 is 0 Å². The average molecular weight is 495 g/mol. The number of primary amides is 1. The minimum absolute atomic E-state index is 0.108. The molecule has 0 bridgehead atoms. The average Bonchev–Trinajstić information content (AvgIpc) is 2.72. The fourth-order valence-corrected chi connectivity index (χ4v) is 3.18. The van der Waals surface area contributed by atoms with Crippen LogP contribution in [0.5, 0.6) is 5.75 Å². The van der Waals surface area contributed by atoms with Crippen LogP contribution in [0.25, 0.3) is 0 Å². The molecule has 0 aliphatic rings. The summed E-state index contributed by atoms with van der Waals surface area (Å²) in [5.74, 6) is -1.23. The van der Waals surface area contributed by atoms with Gasteiger partial charge in [0, 0.05) is 35.5 Å². The number of rotatable bonds is 7. The van der Waals surface area contributed by atoms with Crippen molar-refractivity contribution in [3.05, 3.63) is 85.3 Å². The number of carbonyl (C=O) groups excluding carboxylic acids is 1. The highest BCUT2D eigenvalue weighted by Crippen LogP contribution is 2.30. The fraction of sp³-hybridized carbons (Fsp3) is 0.200. The number of hydrogen-bond donors (Lipinski definition) is 2. The molecule has 0 spiro atoms. The summed E-state index contributed by atoms with van der Waals surface area (Å²) >= 11 is 3.21. The molecule has 2 heterocycles. The Bertz CT molecular complexity index is 1170. The van der Waals surface area contributed by atoms with Gasteiger partial charge in [-0.05, 0) is 35.0 Å². The van der Waals surface area contributed by atoms with Crippen LogP contribution < -0.4 is 16.0 Å². The third kappa shape index (κ3) is 5.63. The molecule has 0 aliphatic carbocycles. The third-order valence-corrected chi connectivity index (χ3v) is 5.01. The van der Waals surface area contributed by atoms with Gasteiger partial charge in [-0.3, -0.25) is 14.8 Å². The third-order valence-electron chi connectivity index (χ3n) is 4.29. The molecule has 1 amide bonds. The van der Waals surface area contributed by atoms with Crippen LogP contribution in [0.1, 0.15) is 28.2 Å². The minimum atomic E-state index is -0.918. The Balaban J connectivity index is 1.85. The maximum Gasteiger partial charge on any atom is 0.404 e. The Morgan fingerprint density at radius 1 is 1.19 bits per heavy atom. The van der Waals surface area contributed by atoms with Gasteiger partial charge in [0.05, 0.1) is 17.6 Å². The van der Waals surface area contributed by atoms with Crippen molar-refractivity contribution in [2.45, 2.75) is 26.6 Å². The van der Waals surface area contributed by atoms with Crippen LogP contribution in [-0.4, -0.2) is 21.0 Å². The number of H-pyrrole nitrogens is 1. The van der Waals surface area contributed by atoms with Crippen molar-refractivity contribution in [3.63, 3.8) is 0 Å². The highest BCUT2D eigenvalue weighted by atomic mass is 79.9. The summed E-state index contributed by atoms with van der Waals surface area (Å²) in [4.78, 5) is 34.0. The second kappa shape index (κ2) is 9.65. The summed E-state index contributed by atoms with van der Waals surface area (Å²) in [7, 11) is 0. The van der Waals surface area contributed by atoms with Gasteiger partial charge in [0.1, 0.15) is 35.1 Å². The number of aromatic nitrogens is 3. The zero-order valence-electron chi connectivity index (χ0n) is 16.2. The molecule has 0 radical (unpaired) electrons. The van der Waals surface area contributed by atoms with Crippen LogP contribution in [-0.2, 0) is 24.4 Å². The van der Waals surface area contributed by atoms with E-state index in [1.54, 1.807) is 6.92 Å². The monoisotopic (exact) mass is 494 g/mol. The first-order valence-electron chi connectivity index (χ1n) is 8.94. The molecule has 0 unspecified atom stereocenters. The van der Waals surface area contributed by atoms with Crippen molar-refractivity contribution in [2.24, 2.45) is 5.73 Å². The van der Waals surface area contributed by atoms with Crippen LogP contribution in [0.4, 0.5) is 13.6 Å². The molecule has 0 atom stereocenters. The number of benzene rings is 1. The Labute approximate surface area is 183 Å². The molecule has 3 N–H and O–H groups in total. The van der Waals surface area contributed by atoms with Crippen molar-refractivity contribution < 1.29 is 23.0 Å². The number of nitrogens with two attached hydrogens (primary N) is 1. The molecule has 2 aromatic heterocycles. The first-order valence-corrected chi connectivity index (χ1v) is 9.74. The van der Waals surface area contributed by atoms with Crippen LogP contribution in [0, 0.1) is 18.6 Å². The fourth-order valence-electron chi connectivity index (χ4n) is 2.73. The number of ether oxygens (including phenoxy) is 2. The van der Waals surface area contributed by atoms with Crippen molar-refractivity contribution >= 4 is 22.0 Å². The van der Waals surface area contributed by atoms with Gasteiger partial charge < -0.3 is 20.2 Å². The molecule has 31 heavy (non-hydrogen) atoms. The van der Waals surface area contributed by atoms with E-state index in [0.717, 1.165) is 12.1 Å². The number of carbonyl (C=O) groups is 1. The van der Waals surface area contributed by atoms with E-state index in [1.807, 2.05) is 0 Å². The molecule has 8 nitrogen and oxygen atoms in total. The van der Waals surface area contributed by atoms with Gasteiger partial charge in [-0.15, -0.1) is 0 Å². The maximum atomic E-state index is 14.0. The molecule has 162 valence electrons. The van der Waals surface area contributed by atoms with Gasteiger partial charge in [-0.2, -0.15) is 0 Å². The highest BCUT2D eigenvalue weighted by Gasteiger charge is 2.18. The van der Waals surface area contributed by atoms with Crippen LogP contribution in [0.15, 0.2) is 39.9 Å². The van der Waals surface area contributed by atoms with Crippen molar-refractivity contribution in [3.8, 4) is 5.75 Å². The van der Waals surface area contributed by atoms with Gasteiger partial charge in [0.2, 0.25) is 0 Å². The topological polar surface area (TPSA) is 120 Å². The largest absolute Gasteiger partial charge is 0.487 e. The molecule has 3 rings (SSSR count). The molecule has 3 aromatic rings. The number of aryl methyl sites for hydroxylation is 1. The zero-order chi connectivity index (χ0) is 22.5. The highest BCUT2D eigenvalue weighted by molar-refractivity contribution is 9.10. The lowest BCUT2D eigenvalue weighted by Crippen LogP contribution is -2.15. The van der Waals surface area contributed by atoms with Crippen LogP contribution >= 0.6 is 15.9 Å². The number of aromatic amines is 1. The van der Waals surface area contributed by atoms with E-state index < -0.39 is 23.3 Å². The summed E-state index contributed by atoms with van der Waals surface area (Å²) in [6.45, 7) is 1.37. The first kappa shape index (κ1) is 22.3. The van der Waals surface area contributed by atoms with Crippen LogP contribution in [0.2, 0.25) is 0 Å². The molecule has 0 fully saturated rings. The van der Waals surface area contributed by atoms with E-state index in [4.69, 9.17) is 10.5 Å². The summed E-state index contributed by atoms with van der Waals surface area (Å²) in [5.41, 5.74) is 6.73. The first-order chi connectivity index (χ1) is 14.7. The Morgan fingerprint density at radius 2 is 1.90 bits per heavy atom. The van der Waals surface area contributed by atoms with Crippen molar-refractivity contribution in [2.75, 3.05) is 0 Å².